The highest BCUT2D eigenvalue weighted by Gasteiger charge is 2.10. The van der Waals surface area contributed by atoms with Crippen LogP contribution in [-0.4, -0.2) is 16.3 Å². The van der Waals surface area contributed by atoms with Gasteiger partial charge >= 0.3 is 0 Å². The number of halogens is 2. The van der Waals surface area contributed by atoms with Crippen molar-refractivity contribution in [2.75, 3.05) is 5.32 Å². The van der Waals surface area contributed by atoms with Crippen LogP contribution in [0.25, 0.3) is 0 Å². The fourth-order valence-electron chi connectivity index (χ4n) is 1.47. The molecule has 18 heavy (non-hydrogen) atoms. The predicted molar refractivity (Wildman–Crippen MR) is 74.6 cm³/mol. The Balaban J connectivity index is 2.40. The first-order valence-electron chi connectivity index (χ1n) is 5.10. The molecule has 0 bridgehead atoms. The van der Waals surface area contributed by atoms with Crippen LogP contribution < -0.4 is 5.32 Å². The lowest BCUT2D eigenvalue weighted by Crippen LogP contribution is -2.01. The van der Waals surface area contributed by atoms with Crippen molar-refractivity contribution in [1.82, 2.24) is 9.97 Å². The Labute approximate surface area is 118 Å². The van der Waals surface area contributed by atoms with Gasteiger partial charge in [-0.1, -0.05) is 27.5 Å². The monoisotopic (exact) mass is 325 g/mol. The summed E-state index contributed by atoms with van der Waals surface area (Å²) < 4.78 is 0.988. The molecule has 0 atom stereocenters. The summed E-state index contributed by atoms with van der Waals surface area (Å²) in [4.78, 5) is 18.7. The normalized spacial score (nSPS) is 10.2. The molecule has 0 aliphatic rings. The largest absolute Gasteiger partial charge is 0.339 e. The lowest BCUT2D eigenvalue weighted by atomic mass is 10.2. The summed E-state index contributed by atoms with van der Waals surface area (Å²) in [6.07, 6.45) is 1.95. The molecule has 1 aromatic carbocycles. The van der Waals surface area contributed by atoms with Crippen molar-refractivity contribution < 1.29 is 4.79 Å². The van der Waals surface area contributed by atoms with E-state index in [2.05, 4.69) is 31.2 Å². The number of hydrogen-bond acceptors (Lipinski definition) is 4. The quantitative estimate of drug-likeness (QED) is 0.689. The van der Waals surface area contributed by atoms with Gasteiger partial charge in [0.05, 0.1) is 5.56 Å². The zero-order chi connectivity index (χ0) is 13.1. The Bertz CT molecular complexity index is 604. The minimum absolute atomic E-state index is 0.136. The average Bonchev–Trinajstić information content (AvgIpc) is 2.33. The van der Waals surface area contributed by atoms with Crippen LogP contribution >= 0.6 is 27.5 Å². The summed E-state index contributed by atoms with van der Waals surface area (Å²) in [6.45, 7) is 1.95. The van der Waals surface area contributed by atoms with Gasteiger partial charge in [-0.3, -0.25) is 4.79 Å². The van der Waals surface area contributed by atoms with E-state index in [1.165, 1.54) is 6.33 Å². The van der Waals surface area contributed by atoms with Crippen LogP contribution in [-0.2, 0) is 0 Å². The number of carbonyl (C=O) groups excluding carboxylic acids is 1. The number of nitrogens with one attached hydrogen (secondary N) is 1. The minimum Gasteiger partial charge on any atom is -0.339 e. The number of nitrogens with zero attached hydrogens (tertiary/aromatic N) is 2. The third-order valence-corrected chi connectivity index (χ3v) is 3.19. The molecule has 0 unspecified atom stereocenters. The molecule has 0 saturated carbocycles. The minimum atomic E-state index is 0.136. The Morgan fingerprint density at radius 3 is 2.83 bits per heavy atom. The highest BCUT2D eigenvalue weighted by molar-refractivity contribution is 9.10. The van der Waals surface area contributed by atoms with Crippen molar-refractivity contribution in [3.8, 4) is 0 Å². The van der Waals surface area contributed by atoms with Crippen LogP contribution in [0.4, 0.5) is 11.5 Å². The van der Waals surface area contributed by atoms with E-state index >= 15 is 0 Å². The second-order valence-corrected chi connectivity index (χ2v) is 4.90. The Kier molecular flexibility index (Phi) is 3.93. The molecule has 0 aliphatic heterocycles. The van der Waals surface area contributed by atoms with Gasteiger partial charge in [-0.05, 0) is 30.7 Å². The lowest BCUT2D eigenvalue weighted by Gasteiger charge is -2.10. The first-order valence-corrected chi connectivity index (χ1v) is 6.27. The van der Waals surface area contributed by atoms with E-state index in [-0.39, 0.29) is 10.7 Å². The molecule has 92 valence electrons. The van der Waals surface area contributed by atoms with Gasteiger partial charge in [0, 0.05) is 10.2 Å². The molecule has 0 spiro atoms. The lowest BCUT2D eigenvalue weighted by molar-refractivity contribution is 0.112. The summed E-state index contributed by atoms with van der Waals surface area (Å²) in [6, 6.07) is 5.76. The Morgan fingerprint density at radius 1 is 1.39 bits per heavy atom. The average molecular weight is 327 g/mol. The topological polar surface area (TPSA) is 54.9 Å². The molecule has 0 radical (unpaired) electrons. The number of hydrogen-bond donors (Lipinski definition) is 1. The number of aromatic nitrogens is 2. The van der Waals surface area contributed by atoms with Gasteiger partial charge in [0.25, 0.3) is 0 Å². The third kappa shape index (κ3) is 2.68. The van der Waals surface area contributed by atoms with Crippen molar-refractivity contribution in [3.63, 3.8) is 0 Å². The second-order valence-electron chi connectivity index (χ2n) is 3.63. The number of aldehydes is 1. The van der Waals surface area contributed by atoms with E-state index in [9.17, 15) is 4.79 Å². The molecule has 1 N–H and O–H groups in total. The highest BCUT2D eigenvalue weighted by Crippen LogP contribution is 2.25. The van der Waals surface area contributed by atoms with E-state index in [0.717, 1.165) is 15.7 Å². The van der Waals surface area contributed by atoms with E-state index in [1.807, 2.05) is 25.1 Å². The van der Waals surface area contributed by atoms with Crippen molar-refractivity contribution in [1.29, 1.82) is 0 Å². The van der Waals surface area contributed by atoms with Crippen molar-refractivity contribution in [3.05, 3.63) is 45.3 Å². The standard InChI is InChI=1S/C12H9BrClN3O/c1-7-4-8(13)2-3-10(7)17-12-9(5-18)11(14)15-6-16-12/h2-6H,1H3,(H,15,16,17). The van der Waals surface area contributed by atoms with E-state index in [1.54, 1.807) is 0 Å². The number of benzene rings is 1. The van der Waals surface area contributed by atoms with Gasteiger partial charge < -0.3 is 5.32 Å². The SMILES string of the molecule is Cc1cc(Br)ccc1Nc1ncnc(Cl)c1C=O. The molecule has 1 aromatic heterocycles. The molecule has 2 aromatic rings. The number of aryl methyl sites for hydroxylation is 1. The predicted octanol–water partition coefficient (Wildman–Crippen LogP) is 3.76. The Morgan fingerprint density at radius 2 is 2.17 bits per heavy atom. The van der Waals surface area contributed by atoms with Gasteiger partial charge in [-0.2, -0.15) is 0 Å². The summed E-state index contributed by atoms with van der Waals surface area (Å²) in [5, 5.41) is 3.21. The number of anilines is 2. The van der Waals surface area contributed by atoms with Gasteiger partial charge in [0.2, 0.25) is 0 Å². The summed E-state index contributed by atoms with van der Waals surface area (Å²) in [7, 11) is 0. The Hall–Kier alpha value is -1.46. The molecule has 4 nitrogen and oxygen atoms in total. The summed E-state index contributed by atoms with van der Waals surface area (Å²) >= 11 is 9.22. The molecule has 2 rings (SSSR count). The first-order chi connectivity index (χ1) is 8.61. The molecule has 0 aliphatic carbocycles. The van der Waals surface area contributed by atoms with Crippen LogP contribution in [0.1, 0.15) is 15.9 Å². The van der Waals surface area contributed by atoms with Gasteiger partial charge in [0.1, 0.15) is 17.3 Å². The van der Waals surface area contributed by atoms with Crippen LogP contribution in [0.2, 0.25) is 5.15 Å². The van der Waals surface area contributed by atoms with Crippen molar-refractivity contribution in [2.45, 2.75) is 6.92 Å². The first kappa shape index (κ1) is 13.0. The fourth-order valence-corrected chi connectivity index (χ4v) is 2.13. The number of rotatable bonds is 3. The molecule has 6 heteroatoms. The van der Waals surface area contributed by atoms with Crippen LogP contribution in [0, 0.1) is 6.92 Å². The van der Waals surface area contributed by atoms with Gasteiger partial charge in [-0.25, -0.2) is 9.97 Å². The summed E-state index contributed by atoms with van der Waals surface area (Å²) in [5.41, 5.74) is 2.13. The molecular weight excluding hydrogens is 318 g/mol. The highest BCUT2D eigenvalue weighted by atomic mass is 79.9. The van der Waals surface area contributed by atoms with E-state index in [0.29, 0.717) is 12.1 Å². The summed E-state index contributed by atoms with van der Waals surface area (Å²) in [5.74, 6) is 0.399. The molecule has 0 fully saturated rings. The maximum Gasteiger partial charge on any atom is 0.156 e. The van der Waals surface area contributed by atoms with Gasteiger partial charge in [-0.15, -0.1) is 0 Å². The van der Waals surface area contributed by atoms with Crippen LogP contribution in [0.5, 0.6) is 0 Å². The second kappa shape index (κ2) is 5.46. The third-order valence-electron chi connectivity index (χ3n) is 2.39. The fraction of sp³-hybridized carbons (Fsp3) is 0.0833. The van der Waals surface area contributed by atoms with Crippen molar-refractivity contribution >= 4 is 45.3 Å². The van der Waals surface area contributed by atoms with Crippen LogP contribution in [0.3, 0.4) is 0 Å². The van der Waals surface area contributed by atoms with Crippen molar-refractivity contribution in [2.24, 2.45) is 0 Å². The molecule has 0 saturated heterocycles. The zero-order valence-electron chi connectivity index (χ0n) is 9.45. The van der Waals surface area contributed by atoms with E-state index < -0.39 is 0 Å². The van der Waals surface area contributed by atoms with Gasteiger partial charge in [0.15, 0.2) is 6.29 Å². The van der Waals surface area contributed by atoms with Crippen LogP contribution in [0.15, 0.2) is 29.0 Å². The number of carbonyl (C=O) groups is 1. The smallest absolute Gasteiger partial charge is 0.156 e. The van der Waals surface area contributed by atoms with E-state index in [4.69, 9.17) is 11.6 Å². The molecule has 1 heterocycles. The molecule has 0 amide bonds. The zero-order valence-corrected chi connectivity index (χ0v) is 11.8. The maximum atomic E-state index is 11.0. The molecular formula is C12H9BrClN3O. The maximum absolute atomic E-state index is 11.0.